The summed E-state index contributed by atoms with van der Waals surface area (Å²) in [7, 11) is 0. The van der Waals surface area contributed by atoms with Gasteiger partial charge in [0, 0.05) is 14.9 Å². The molecule has 6 heteroatoms. The van der Waals surface area contributed by atoms with Gasteiger partial charge in [-0.05, 0) is 48.0 Å². The molecule has 3 nitrogen and oxygen atoms in total. The molecule has 0 saturated carbocycles. The molecule has 0 aliphatic rings. The van der Waals surface area contributed by atoms with Crippen molar-refractivity contribution in [2.75, 3.05) is 0 Å². The van der Waals surface area contributed by atoms with Gasteiger partial charge in [-0.15, -0.1) is 11.3 Å². The molecule has 1 heterocycles. The van der Waals surface area contributed by atoms with Crippen LogP contribution in [-0.4, -0.2) is 16.1 Å². The first-order valence-electron chi connectivity index (χ1n) is 7.42. The lowest BCUT2D eigenvalue weighted by atomic mass is 10.1. The van der Waals surface area contributed by atoms with Gasteiger partial charge in [0.1, 0.15) is 10.8 Å². The Balaban J connectivity index is 1.93. The van der Waals surface area contributed by atoms with Gasteiger partial charge in [0.15, 0.2) is 0 Å². The fraction of sp³-hybridized carbons (Fsp3) is 0.0526. The van der Waals surface area contributed by atoms with E-state index in [4.69, 9.17) is 5.11 Å². The summed E-state index contributed by atoms with van der Waals surface area (Å²) in [5.74, 6) is -1.26. The van der Waals surface area contributed by atoms with Crippen LogP contribution in [0.25, 0.3) is 23.4 Å². The molecule has 0 aliphatic carbocycles. The zero-order valence-electron chi connectivity index (χ0n) is 12.9. The van der Waals surface area contributed by atoms with Crippen LogP contribution in [0.1, 0.15) is 15.4 Å². The molecule has 126 valence electrons. The summed E-state index contributed by atoms with van der Waals surface area (Å²) in [6.45, 7) is 0. The van der Waals surface area contributed by atoms with Gasteiger partial charge in [-0.1, -0.05) is 34.1 Å². The van der Waals surface area contributed by atoms with E-state index >= 15 is 0 Å². The normalized spacial score (nSPS) is 11.1. The third-order valence-corrected chi connectivity index (χ3v) is 4.98. The van der Waals surface area contributed by atoms with Gasteiger partial charge >= 0.3 is 5.97 Å². The van der Waals surface area contributed by atoms with E-state index in [1.54, 1.807) is 12.1 Å². The van der Waals surface area contributed by atoms with Crippen LogP contribution in [0.5, 0.6) is 0 Å². The van der Waals surface area contributed by atoms with Crippen LogP contribution in [0.3, 0.4) is 0 Å². The summed E-state index contributed by atoms with van der Waals surface area (Å²) in [5.41, 5.74) is 2.31. The number of carboxylic acids is 1. The maximum absolute atomic E-state index is 13.1. The molecule has 0 fully saturated rings. The zero-order chi connectivity index (χ0) is 17.8. The van der Waals surface area contributed by atoms with E-state index in [1.165, 1.54) is 23.5 Å². The molecule has 3 aromatic rings. The average Bonchev–Trinajstić information content (AvgIpc) is 2.97. The highest BCUT2D eigenvalue weighted by Gasteiger charge is 2.15. The van der Waals surface area contributed by atoms with E-state index in [2.05, 4.69) is 20.9 Å². The van der Waals surface area contributed by atoms with Crippen molar-refractivity contribution < 1.29 is 14.3 Å². The van der Waals surface area contributed by atoms with E-state index < -0.39 is 5.97 Å². The number of hydrogen-bond acceptors (Lipinski definition) is 3. The minimum absolute atomic E-state index is 0.115. The summed E-state index contributed by atoms with van der Waals surface area (Å²) in [4.78, 5) is 16.3. The van der Waals surface area contributed by atoms with Crippen molar-refractivity contribution in [3.63, 3.8) is 0 Å². The Morgan fingerprint density at radius 2 is 1.80 bits per heavy atom. The second kappa shape index (κ2) is 7.72. The molecule has 0 aliphatic heterocycles. The number of halogens is 2. The van der Waals surface area contributed by atoms with E-state index in [0.29, 0.717) is 21.1 Å². The zero-order valence-corrected chi connectivity index (χ0v) is 15.3. The first-order chi connectivity index (χ1) is 12.0. The van der Waals surface area contributed by atoms with Crippen molar-refractivity contribution in [3.05, 3.63) is 74.3 Å². The standard InChI is InChI=1S/C19H13BrFNO2S/c20-14-6-1-12(2-7-14)3-10-17-22-19(16(25-17)11-18(23)24)13-4-8-15(21)9-5-13/h1-10H,11H2,(H,23,24)/b10-3+. The second-order valence-corrected chi connectivity index (χ2v) is 7.32. The van der Waals surface area contributed by atoms with Gasteiger partial charge in [0.2, 0.25) is 0 Å². The predicted molar refractivity (Wildman–Crippen MR) is 102 cm³/mol. The van der Waals surface area contributed by atoms with Crippen molar-refractivity contribution in [2.45, 2.75) is 6.42 Å². The third kappa shape index (κ3) is 4.61. The van der Waals surface area contributed by atoms with Crippen molar-refractivity contribution in [2.24, 2.45) is 0 Å². The van der Waals surface area contributed by atoms with Crippen LogP contribution in [0.2, 0.25) is 0 Å². The maximum Gasteiger partial charge on any atom is 0.308 e. The van der Waals surface area contributed by atoms with Crippen LogP contribution >= 0.6 is 27.3 Å². The molecule has 1 N–H and O–H groups in total. The predicted octanol–water partition coefficient (Wildman–Crippen LogP) is 5.51. The Morgan fingerprint density at radius 3 is 2.44 bits per heavy atom. The van der Waals surface area contributed by atoms with Gasteiger partial charge in [0.25, 0.3) is 0 Å². The number of aliphatic carboxylic acids is 1. The molecule has 0 amide bonds. The number of thiazole rings is 1. The summed E-state index contributed by atoms with van der Waals surface area (Å²) in [6.07, 6.45) is 3.66. The van der Waals surface area contributed by atoms with Crippen molar-refractivity contribution in [1.29, 1.82) is 0 Å². The highest BCUT2D eigenvalue weighted by atomic mass is 79.9. The Morgan fingerprint density at radius 1 is 1.12 bits per heavy atom. The topological polar surface area (TPSA) is 50.2 Å². The average molecular weight is 418 g/mol. The summed E-state index contributed by atoms with van der Waals surface area (Å²) < 4.78 is 14.1. The molecule has 0 spiro atoms. The second-order valence-electron chi connectivity index (χ2n) is 5.29. The monoisotopic (exact) mass is 417 g/mol. The Labute approximate surface area is 156 Å². The molecule has 0 radical (unpaired) electrons. The first-order valence-corrected chi connectivity index (χ1v) is 9.03. The smallest absolute Gasteiger partial charge is 0.308 e. The molecule has 0 unspecified atom stereocenters. The lowest BCUT2D eigenvalue weighted by Gasteiger charge is -2.00. The number of nitrogens with zero attached hydrogens (tertiary/aromatic N) is 1. The quantitative estimate of drug-likeness (QED) is 0.595. The molecule has 3 rings (SSSR count). The first kappa shape index (κ1) is 17.5. The fourth-order valence-corrected chi connectivity index (χ4v) is 3.52. The van der Waals surface area contributed by atoms with Crippen molar-refractivity contribution in [3.8, 4) is 11.3 Å². The van der Waals surface area contributed by atoms with Gasteiger partial charge in [-0.25, -0.2) is 9.37 Å². The van der Waals surface area contributed by atoms with Crippen molar-refractivity contribution in [1.82, 2.24) is 4.98 Å². The van der Waals surface area contributed by atoms with Crippen LogP contribution in [0.4, 0.5) is 4.39 Å². The van der Waals surface area contributed by atoms with Crippen LogP contribution in [0, 0.1) is 5.82 Å². The molecular weight excluding hydrogens is 405 g/mol. The number of rotatable bonds is 5. The maximum atomic E-state index is 13.1. The third-order valence-electron chi connectivity index (χ3n) is 3.43. The minimum Gasteiger partial charge on any atom is -0.481 e. The fourth-order valence-electron chi connectivity index (χ4n) is 2.27. The van der Waals surface area contributed by atoms with E-state index in [9.17, 15) is 9.18 Å². The number of carboxylic acid groups (broad SMARTS) is 1. The van der Waals surface area contributed by atoms with Crippen molar-refractivity contribution >= 4 is 45.4 Å². The van der Waals surface area contributed by atoms with E-state index in [-0.39, 0.29) is 12.2 Å². The SMILES string of the molecule is O=C(O)Cc1sc(/C=C/c2ccc(Br)cc2)nc1-c1ccc(F)cc1. The van der Waals surface area contributed by atoms with Crippen LogP contribution in [0.15, 0.2) is 53.0 Å². The Kier molecular flexibility index (Phi) is 5.40. The number of aromatic nitrogens is 1. The molecule has 25 heavy (non-hydrogen) atoms. The highest BCUT2D eigenvalue weighted by molar-refractivity contribution is 9.10. The molecule has 0 saturated heterocycles. The number of hydrogen-bond donors (Lipinski definition) is 1. The number of benzene rings is 2. The Hall–Kier alpha value is -2.31. The van der Waals surface area contributed by atoms with E-state index in [1.807, 2.05) is 36.4 Å². The minimum atomic E-state index is -0.921. The highest BCUT2D eigenvalue weighted by Crippen LogP contribution is 2.30. The largest absolute Gasteiger partial charge is 0.481 e. The van der Waals surface area contributed by atoms with E-state index in [0.717, 1.165) is 10.0 Å². The molecule has 0 atom stereocenters. The summed E-state index contributed by atoms with van der Waals surface area (Å²) in [5, 5.41) is 9.83. The number of carbonyl (C=O) groups is 1. The molecular formula is C19H13BrFNO2S. The molecule has 1 aromatic heterocycles. The Bertz CT molecular complexity index is 918. The van der Waals surface area contributed by atoms with Gasteiger partial charge in [-0.2, -0.15) is 0 Å². The van der Waals surface area contributed by atoms with Crippen LogP contribution < -0.4 is 0 Å². The summed E-state index contributed by atoms with van der Waals surface area (Å²) in [6, 6.07) is 13.7. The molecule has 0 bridgehead atoms. The van der Waals surface area contributed by atoms with Gasteiger partial charge in [-0.3, -0.25) is 4.79 Å². The summed E-state index contributed by atoms with van der Waals surface area (Å²) >= 11 is 4.72. The van der Waals surface area contributed by atoms with Crippen LogP contribution in [-0.2, 0) is 11.2 Å². The lowest BCUT2D eigenvalue weighted by molar-refractivity contribution is -0.136. The molecule has 2 aromatic carbocycles. The lowest BCUT2D eigenvalue weighted by Crippen LogP contribution is -1.99. The van der Waals surface area contributed by atoms with Gasteiger partial charge in [0.05, 0.1) is 12.1 Å². The van der Waals surface area contributed by atoms with Gasteiger partial charge < -0.3 is 5.11 Å².